The van der Waals surface area contributed by atoms with Crippen molar-refractivity contribution in [3.63, 3.8) is 0 Å². The van der Waals surface area contributed by atoms with E-state index in [1.165, 1.54) is 17.8 Å². The molecule has 0 aliphatic heterocycles. The predicted molar refractivity (Wildman–Crippen MR) is 97.9 cm³/mol. The third-order valence-electron chi connectivity index (χ3n) is 3.51. The van der Waals surface area contributed by atoms with Gasteiger partial charge in [-0.3, -0.25) is 0 Å². The lowest BCUT2D eigenvalue weighted by Gasteiger charge is -2.05. The molecule has 3 aromatic rings. The lowest BCUT2D eigenvalue weighted by molar-refractivity contribution is -0.115. The fourth-order valence-corrected chi connectivity index (χ4v) is 3.86. The maximum absolute atomic E-state index is 13.6. The summed E-state index contributed by atoms with van der Waals surface area (Å²) in [6.45, 7) is 0.530. The number of thioether (sulfide) groups is 1. The second kappa shape index (κ2) is 8.86. The van der Waals surface area contributed by atoms with Crippen molar-refractivity contribution in [1.29, 1.82) is 0 Å². The molecule has 0 saturated heterocycles. The average molecular weight is 433 g/mol. The van der Waals surface area contributed by atoms with E-state index in [2.05, 4.69) is 25.7 Å². The van der Waals surface area contributed by atoms with Crippen LogP contribution in [0.4, 0.5) is 22.7 Å². The zero-order valence-corrected chi connectivity index (χ0v) is 16.2. The Hall–Kier alpha value is -2.21. The molecule has 0 aliphatic carbocycles. The predicted octanol–water partition coefficient (Wildman–Crippen LogP) is 4.73. The molecule has 0 amide bonds. The van der Waals surface area contributed by atoms with Crippen LogP contribution in [0.5, 0.6) is 0 Å². The number of halogens is 4. The van der Waals surface area contributed by atoms with Gasteiger partial charge in [-0.05, 0) is 25.0 Å². The Morgan fingerprint density at radius 1 is 1.25 bits per heavy atom. The van der Waals surface area contributed by atoms with E-state index < -0.39 is 12.7 Å². The van der Waals surface area contributed by atoms with E-state index in [4.69, 9.17) is 4.52 Å². The number of hydrogen-bond donors (Lipinski definition) is 1. The van der Waals surface area contributed by atoms with Crippen LogP contribution in [0.25, 0.3) is 11.4 Å². The highest BCUT2D eigenvalue weighted by molar-refractivity contribution is 8.01. The van der Waals surface area contributed by atoms with E-state index in [1.54, 1.807) is 19.1 Å². The Bertz CT molecular complexity index is 928. The second-order valence-corrected chi connectivity index (χ2v) is 8.09. The van der Waals surface area contributed by atoms with Crippen molar-refractivity contribution < 1.29 is 22.1 Å². The van der Waals surface area contributed by atoms with Crippen LogP contribution < -0.4 is 5.32 Å². The van der Waals surface area contributed by atoms with Crippen molar-refractivity contribution in [2.45, 2.75) is 30.3 Å². The molecule has 150 valence electrons. The van der Waals surface area contributed by atoms with E-state index in [1.807, 2.05) is 0 Å². The Balaban J connectivity index is 1.44. The van der Waals surface area contributed by atoms with Gasteiger partial charge in [-0.15, -0.1) is 10.2 Å². The normalized spacial score (nSPS) is 11.8. The van der Waals surface area contributed by atoms with E-state index >= 15 is 0 Å². The molecule has 0 unspecified atom stereocenters. The highest BCUT2D eigenvalue weighted by Crippen LogP contribution is 2.27. The highest BCUT2D eigenvalue weighted by atomic mass is 32.2. The standard InChI is InChI=1S/C16H15F4N5OS2/c1-9-4-5-10(7-11(9)17)13-22-12(26-25-13)3-2-6-27-15-24-23-14(28-15)21-8-16(18,19)20/h4-5,7H,2-3,6,8H2,1H3,(H,21,23). The molecule has 0 radical (unpaired) electrons. The zero-order valence-electron chi connectivity index (χ0n) is 14.6. The Morgan fingerprint density at radius 3 is 2.82 bits per heavy atom. The topological polar surface area (TPSA) is 76.7 Å². The molecule has 28 heavy (non-hydrogen) atoms. The number of nitrogens with one attached hydrogen (secondary N) is 1. The maximum atomic E-state index is 13.6. The van der Waals surface area contributed by atoms with Gasteiger partial charge < -0.3 is 9.84 Å². The van der Waals surface area contributed by atoms with Gasteiger partial charge in [-0.2, -0.15) is 18.2 Å². The molecule has 0 saturated carbocycles. The first-order valence-electron chi connectivity index (χ1n) is 8.16. The summed E-state index contributed by atoms with van der Waals surface area (Å²) in [5.41, 5.74) is 1.08. The van der Waals surface area contributed by atoms with Crippen molar-refractivity contribution in [3.05, 3.63) is 35.5 Å². The summed E-state index contributed by atoms with van der Waals surface area (Å²) < 4.78 is 55.8. The average Bonchev–Trinajstić information content (AvgIpc) is 3.28. The van der Waals surface area contributed by atoms with Gasteiger partial charge in [-0.1, -0.05) is 40.4 Å². The molecule has 2 aromatic heterocycles. The van der Waals surface area contributed by atoms with Crippen LogP contribution in [-0.2, 0) is 6.42 Å². The van der Waals surface area contributed by atoms with Gasteiger partial charge in [0.15, 0.2) is 4.34 Å². The molecular weight excluding hydrogens is 418 g/mol. The zero-order chi connectivity index (χ0) is 20.1. The van der Waals surface area contributed by atoms with Crippen LogP contribution >= 0.6 is 23.1 Å². The maximum Gasteiger partial charge on any atom is 0.405 e. The van der Waals surface area contributed by atoms with E-state index in [0.717, 1.165) is 11.3 Å². The summed E-state index contributed by atoms with van der Waals surface area (Å²) in [6, 6.07) is 4.74. The molecule has 1 N–H and O–H groups in total. The monoisotopic (exact) mass is 433 g/mol. The first-order chi connectivity index (χ1) is 13.3. The van der Waals surface area contributed by atoms with Gasteiger partial charge in [0.25, 0.3) is 0 Å². The summed E-state index contributed by atoms with van der Waals surface area (Å²) in [5.74, 6) is 1.08. The lowest BCUT2D eigenvalue weighted by Crippen LogP contribution is -2.21. The largest absolute Gasteiger partial charge is 0.405 e. The van der Waals surface area contributed by atoms with Crippen molar-refractivity contribution in [2.75, 3.05) is 17.6 Å². The summed E-state index contributed by atoms with van der Waals surface area (Å²) in [5, 5.41) is 13.7. The minimum atomic E-state index is -4.30. The van der Waals surface area contributed by atoms with Gasteiger partial charge >= 0.3 is 6.18 Å². The van der Waals surface area contributed by atoms with Crippen LogP contribution in [0.1, 0.15) is 17.9 Å². The molecule has 2 heterocycles. The van der Waals surface area contributed by atoms with Gasteiger partial charge in [-0.25, -0.2) is 4.39 Å². The summed E-state index contributed by atoms with van der Waals surface area (Å²) in [7, 11) is 0. The van der Waals surface area contributed by atoms with Crippen LogP contribution in [0, 0.1) is 12.7 Å². The van der Waals surface area contributed by atoms with Crippen LogP contribution in [0.15, 0.2) is 27.1 Å². The molecule has 1 aromatic carbocycles. The number of alkyl halides is 3. The van der Waals surface area contributed by atoms with E-state index in [-0.39, 0.29) is 10.9 Å². The van der Waals surface area contributed by atoms with Gasteiger partial charge in [0.2, 0.25) is 16.8 Å². The van der Waals surface area contributed by atoms with Gasteiger partial charge in [0.1, 0.15) is 12.4 Å². The summed E-state index contributed by atoms with van der Waals surface area (Å²) >= 11 is 2.45. The number of aromatic nitrogens is 4. The first-order valence-corrected chi connectivity index (χ1v) is 9.96. The molecule has 12 heteroatoms. The number of nitrogens with zero attached hydrogens (tertiary/aromatic N) is 4. The number of rotatable bonds is 8. The molecule has 0 fully saturated rings. The minimum Gasteiger partial charge on any atom is -0.351 e. The minimum absolute atomic E-state index is 0.131. The molecule has 0 bridgehead atoms. The lowest BCUT2D eigenvalue weighted by atomic mass is 10.1. The van der Waals surface area contributed by atoms with E-state index in [9.17, 15) is 17.6 Å². The van der Waals surface area contributed by atoms with Gasteiger partial charge in [0.05, 0.1) is 0 Å². The number of aryl methyl sites for hydroxylation is 2. The van der Waals surface area contributed by atoms with Crippen molar-refractivity contribution in [3.8, 4) is 11.4 Å². The first kappa shape index (κ1) is 20.5. The van der Waals surface area contributed by atoms with Crippen molar-refractivity contribution in [1.82, 2.24) is 20.3 Å². The van der Waals surface area contributed by atoms with Crippen molar-refractivity contribution >= 4 is 28.2 Å². The summed E-state index contributed by atoms with van der Waals surface area (Å²) in [4.78, 5) is 4.25. The quantitative estimate of drug-likeness (QED) is 0.312. The molecular formula is C16H15F4N5OS2. The summed E-state index contributed by atoms with van der Waals surface area (Å²) in [6.07, 6.45) is -3.09. The molecule has 3 rings (SSSR count). The molecule has 0 spiro atoms. The fraction of sp³-hybridized carbons (Fsp3) is 0.375. The smallest absolute Gasteiger partial charge is 0.351 e. The molecule has 0 atom stereocenters. The number of anilines is 1. The number of benzene rings is 1. The van der Waals surface area contributed by atoms with Gasteiger partial charge in [0, 0.05) is 17.7 Å². The third kappa shape index (κ3) is 5.89. The van der Waals surface area contributed by atoms with Crippen LogP contribution in [-0.4, -0.2) is 38.8 Å². The second-order valence-electron chi connectivity index (χ2n) is 5.77. The SMILES string of the molecule is Cc1ccc(-c2noc(CCCSc3nnc(NCC(F)(F)F)s3)n2)cc1F. The van der Waals surface area contributed by atoms with Crippen molar-refractivity contribution in [2.24, 2.45) is 0 Å². The van der Waals surface area contributed by atoms with E-state index in [0.29, 0.717) is 45.8 Å². The third-order valence-corrected chi connectivity index (χ3v) is 5.61. The Morgan fingerprint density at radius 2 is 2.07 bits per heavy atom. The molecule has 6 nitrogen and oxygen atoms in total. The van der Waals surface area contributed by atoms with Crippen LogP contribution in [0.3, 0.4) is 0 Å². The molecule has 0 aliphatic rings. The fourth-order valence-electron chi connectivity index (χ4n) is 2.10. The van der Waals surface area contributed by atoms with Crippen LogP contribution in [0.2, 0.25) is 0 Å². The highest BCUT2D eigenvalue weighted by Gasteiger charge is 2.27. The Labute approximate surface area is 165 Å². The Kier molecular flexibility index (Phi) is 6.50. The number of hydrogen-bond acceptors (Lipinski definition) is 8.